The van der Waals surface area contributed by atoms with Crippen molar-refractivity contribution in [3.8, 4) is 5.88 Å². The Hall–Kier alpha value is -1.42. The van der Waals surface area contributed by atoms with Crippen LogP contribution in [0, 0.1) is 0 Å². The fraction of sp³-hybridized carbons (Fsp3) is 0.200. The van der Waals surface area contributed by atoms with E-state index in [-0.39, 0.29) is 0 Å². The number of rotatable bonds is 3. The van der Waals surface area contributed by atoms with Gasteiger partial charge in [-0.2, -0.15) is 0 Å². The average molecular weight is 207 g/mol. The van der Waals surface area contributed by atoms with Gasteiger partial charge in [-0.15, -0.1) is 11.3 Å². The Labute approximate surface area is 85.3 Å². The fourth-order valence-electron chi connectivity index (χ4n) is 1.25. The molecule has 72 valence electrons. The molecule has 0 fully saturated rings. The van der Waals surface area contributed by atoms with E-state index in [4.69, 9.17) is 0 Å². The third kappa shape index (κ3) is 1.61. The van der Waals surface area contributed by atoms with Crippen LogP contribution in [0.4, 0.5) is 0 Å². The highest BCUT2D eigenvalue weighted by Crippen LogP contribution is 2.26. The highest BCUT2D eigenvalue weighted by molar-refractivity contribution is 7.19. The highest BCUT2D eigenvalue weighted by Gasteiger charge is 2.03. The number of carbonyl (C=O) groups is 1. The van der Waals surface area contributed by atoms with E-state index < -0.39 is 0 Å². The van der Waals surface area contributed by atoms with E-state index in [1.807, 2.05) is 12.1 Å². The largest absolute Gasteiger partial charge is 0.410 e. The SMILES string of the molecule is CCc1cc2nc(OC=O)ccc2s1. The molecule has 3 nitrogen and oxygen atoms in total. The molecule has 0 atom stereocenters. The molecule has 0 spiro atoms. The van der Waals surface area contributed by atoms with Crippen LogP contribution in [-0.4, -0.2) is 11.5 Å². The molecule has 14 heavy (non-hydrogen) atoms. The smallest absolute Gasteiger partial charge is 0.299 e. The van der Waals surface area contributed by atoms with Crippen molar-refractivity contribution in [3.63, 3.8) is 0 Å². The number of hydrogen-bond donors (Lipinski definition) is 0. The fourth-order valence-corrected chi connectivity index (χ4v) is 2.19. The van der Waals surface area contributed by atoms with Crippen LogP contribution in [0.5, 0.6) is 5.88 Å². The lowest BCUT2D eigenvalue weighted by Crippen LogP contribution is -1.90. The zero-order valence-corrected chi connectivity index (χ0v) is 8.50. The standard InChI is InChI=1S/C10H9NO2S/c1-2-7-5-8-9(14-7)3-4-10(11-8)13-6-12/h3-6H,2H2,1H3. The van der Waals surface area contributed by atoms with Gasteiger partial charge in [0.15, 0.2) is 0 Å². The second-order valence-electron chi connectivity index (χ2n) is 2.81. The van der Waals surface area contributed by atoms with Crippen LogP contribution in [0.3, 0.4) is 0 Å². The maximum Gasteiger partial charge on any atom is 0.299 e. The first-order valence-corrected chi connectivity index (χ1v) is 5.15. The molecule has 2 heterocycles. The Bertz CT molecular complexity index is 464. The van der Waals surface area contributed by atoms with E-state index in [1.165, 1.54) is 4.88 Å². The molecule has 0 saturated carbocycles. The molecule has 0 aliphatic carbocycles. The van der Waals surface area contributed by atoms with E-state index in [0.717, 1.165) is 16.6 Å². The molecule has 4 heteroatoms. The van der Waals surface area contributed by atoms with Gasteiger partial charge in [0.2, 0.25) is 5.88 Å². The zero-order chi connectivity index (χ0) is 9.97. The Balaban J connectivity index is 2.48. The van der Waals surface area contributed by atoms with Crippen molar-refractivity contribution in [2.45, 2.75) is 13.3 Å². The predicted molar refractivity (Wildman–Crippen MR) is 55.7 cm³/mol. The minimum Gasteiger partial charge on any atom is -0.410 e. The first kappa shape index (κ1) is 9.15. The number of fused-ring (bicyclic) bond motifs is 1. The van der Waals surface area contributed by atoms with Gasteiger partial charge in [0.1, 0.15) is 0 Å². The summed E-state index contributed by atoms with van der Waals surface area (Å²) in [5.41, 5.74) is 0.895. The van der Waals surface area contributed by atoms with Crippen LogP contribution in [0.15, 0.2) is 18.2 Å². The number of nitrogens with zero attached hydrogens (tertiary/aromatic N) is 1. The van der Waals surface area contributed by atoms with Crippen LogP contribution < -0.4 is 4.74 Å². The van der Waals surface area contributed by atoms with Gasteiger partial charge in [-0.3, -0.25) is 4.79 Å². The molecule has 0 saturated heterocycles. The number of hydrogen-bond acceptors (Lipinski definition) is 4. The minimum atomic E-state index is 0.355. The lowest BCUT2D eigenvalue weighted by molar-refractivity contribution is -0.120. The molecule has 2 aromatic heterocycles. The minimum absolute atomic E-state index is 0.355. The van der Waals surface area contributed by atoms with Crippen LogP contribution in [0.25, 0.3) is 10.2 Å². The van der Waals surface area contributed by atoms with E-state index in [2.05, 4.69) is 16.6 Å². The quantitative estimate of drug-likeness (QED) is 0.725. The molecule has 0 unspecified atom stereocenters. The zero-order valence-electron chi connectivity index (χ0n) is 7.69. The predicted octanol–water partition coefficient (Wildman–Crippen LogP) is 2.39. The average Bonchev–Trinajstić information content (AvgIpc) is 2.60. The third-order valence-corrected chi connectivity index (χ3v) is 3.15. The van der Waals surface area contributed by atoms with Crippen molar-refractivity contribution in [1.29, 1.82) is 0 Å². The van der Waals surface area contributed by atoms with Crippen molar-refractivity contribution in [2.24, 2.45) is 0 Å². The molecule has 0 aliphatic rings. The molecular formula is C10H9NO2S. The summed E-state index contributed by atoms with van der Waals surface area (Å²) in [6.07, 6.45) is 1.00. The molecule has 2 aromatic rings. The molecule has 0 aliphatic heterocycles. The van der Waals surface area contributed by atoms with Crippen molar-refractivity contribution in [3.05, 3.63) is 23.1 Å². The summed E-state index contributed by atoms with van der Waals surface area (Å²) >= 11 is 1.72. The first-order valence-electron chi connectivity index (χ1n) is 4.33. The first-order chi connectivity index (χ1) is 6.83. The number of aromatic nitrogens is 1. The molecule has 0 N–H and O–H groups in total. The van der Waals surface area contributed by atoms with E-state index in [1.54, 1.807) is 17.4 Å². The molecular weight excluding hydrogens is 198 g/mol. The number of aryl methyl sites for hydroxylation is 1. The lowest BCUT2D eigenvalue weighted by Gasteiger charge is -1.94. The topological polar surface area (TPSA) is 39.2 Å². The summed E-state index contributed by atoms with van der Waals surface area (Å²) in [6.45, 7) is 2.49. The number of carbonyl (C=O) groups excluding carboxylic acids is 1. The lowest BCUT2D eigenvalue weighted by atomic mass is 10.3. The van der Waals surface area contributed by atoms with Gasteiger partial charge in [-0.25, -0.2) is 4.98 Å². The molecule has 0 aromatic carbocycles. The summed E-state index contributed by atoms with van der Waals surface area (Å²) < 4.78 is 5.79. The van der Waals surface area contributed by atoms with Crippen molar-refractivity contribution in [2.75, 3.05) is 0 Å². The summed E-state index contributed by atoms with van der Waals surface area (Å²) in [5, 5.41) is 0. The molecule has 0 radical (unpaired) electrons. The second kappa shape index (κ2) is 3.75. The van der Waals surface area contributed by atoms with Gasteiger partial charge in [0.25, 0.3) is 6.47 Å². The highest BCUT2D eigenvalue weighted by atomic mass is 32.1. The maximum atomic E-state index is 10.1. The maximum absolute atomic E-state index is 10.1. The van der Waals surface area contributed by atoms with Gasteiger partial charge >= 0.3 is 0 Å². The van der Waals surface area contributed by atoms with Crippen LogP contribution in [-0.2, 0) is 11.2 Å². The van der Waals surface area contributed by atoms with Gasteiger partial charge in [-0.05, 0) is 18.6 Å². The van der Waals surface area contributed by atoms with Gasteiger partial charge in [-0.1, -0.05) is 6.92 Å². The molecule has 0 bridgehead atoms. The van der Waals surface area contributed by atoms with E-state index in [0.29, 0.717) is 12.4 Å². The van der Waals surface area contributed by atoms with Gasteiger partial charge in [0, 0.05) is 10.9 Å². The van der Waals surface area contributed by atoms with E-state index in [9.17, 15) is 4.79 Å². The summed E-state index contributed by atoms with van der Waals surface area (Å²) in [6, 6.07) is 5.65. The van der Waals surface area contributed by atoms with Crippen molar-refractivity contribution >= 4 is 28.0 Å². The Morgan fingerprint density at radius 1 is 1.57 bits per heavy atom. The molecule has 2 rings (SSSR count). The third-order valence-electron chi connectivity index (χ3n) is 1.92. The van der Waals surface area contributed by atoms with Crippen molar-refractivity contribution in [1.82, 2.24) is 4.98 Å². The molecule has 0 amide bonds. The van der Waals surface area contributed by atoms with Gasteiger partial charge < -0.3 is 4.74 Å². The number of ether oxygens (including phenoxy) is 1. The van der Waals surface area contributed by atoms with Crippen molar-refractivity contribution < 1.29 is 9.53 Å². The van der Waals surface area contributed by atoms with Gasteiger partial charge in [0.05, 0.1) is 10.2 Å². The number of thiophene rings is 1. The van der Waals surface area contributed by atoms with Crippen LogP contribution >= 0.6 is 11.3 Å². The second-order valence-corrected chi connectivity index (χ2v) is 3.98. The number of pyridine rings is 1. The normalized spacial score (nSPS) is 10.4. The summed E-state index contributed by atoms with van der Waals surface area (Å²) in [5.74, 6) is 0.355. The van der Waals surface area contributed by atoms with Crippen LogP contribution in [0.2, 0.25) is 0 Å². The Kier molecular flexibility index (Phi) is 2.45. The Morgan fingerprint density at radius 2 is 2.43 bits per heavy atom. The summed E-state index contributed by atoms with van der Waals surface area (Å²) in [4.78, 5) is 15.6. The monoisotopic (exact) mass is 207 g/mol. The van der Waals surface area contributed by atoms with E-state index >= 15 is 0 Å². The van der Waals surface area contributed by atoms with Crippen LogP contribution in [0.1, 0.15) is 11.8 Å². The summed E-state index contributed by atoms with van der Waals surface area (Å²) in [7, 11) is 0. The Morgan fingerprint density at radius 3 is 3.14 bits per heavy atom.